The molecule has 0 rings (SSSR count). The fourth-order valence-corrected chi connectivity index (χ4v) is 0. The monoisotopic (exact) mass is 570 g/mol. The zero-order valence-corrected chi connectivity index (χ0v) is 16.0. The van der Waals surface area contributed by atoms with Gasteiger partial charge in [-0.3, -0.25) is 0 Å². The first-order valence-electron chi connectivity index (χ1n) is 0.535. The maximum atomic E-state index is 2.50. The van der Waals surface area contributed by atoms with Crippen molar-refractivity contribution in [2.24, 2.45) is 0 Å². The first-order valence-corrected chi connectivity index (χ1v) is 31.5. The molecule has 4 heavy (non-hydrogen) atoms. The Kier molecular flexibility index (Phi) is 24.7. The van der Waals surface area contributed by atoms with Crippen LogP contribution in [0.4, 0.5) is 0 Å². The predicted molar refractivity (Wildman–Crippen MR) is 28.0 cm³/mol. The summed E-state index contributed by atoms with van der Waals surface area (Å²) in [6.45, 7) is 0. The van der Waals surface area contributed by atoms with Gasteiger partial charge < -0.3 is 0 Å². The van der Waals surface area contributed by atoms with Gasteiger partial charge in [0.15, 0.2) is 0 Å². The second-order valence-electron chi connectivity index (χ2n) is 0.101. The van der Waals surface area contributed by atoms with Gasteiger partial charge in [-0.25, -0.2) is 0 Å². The second kappa shape index (κ2) is 9.58. The molecule has 0 radical (unpaired) electrons. The van der Waals surface area contributed by atoms with Crippen molar-refractivity contribution < 1.29 is 43.2 Å². The predicted octanol–water partition coefficient (Wildman–Crippen LogP) is 1.77. The van der Waals surface area contributed by atoms with Crippen LogP contribution in [0.3, 0.4) is 0 Å². The zero-order chi connectivity index (χ0) is 2.71. The van der Waals surface area contributed by atoms with Crippen LogP contribution < -0.4 is 0 Å². The molecule has 0 N–H and O–H groups in total. The molecule has 18 valence electrons. The van der Waals surface area contributed by atoms with Crippen molar-refractivity contribution in [3.8, 4) is 0 Å². The van der Waals surface area contributed by atoms with E-state index in [4.69, 9.17) is 0 Å². The van der Waals surface area contributed by atoms with Gasteiger partial charge in [0.05, 0.1) is 0 Å². The van der Waals surface area contributed by atoms with Gasteiger partial charge in [0.1, 0.15) is 0 Å². The van der Waals surface area contributed by atoms with Gasteiger partial charge in [-0.1, -0.05) is 0 Å². The first-order chi connectivity index (χ1) is 1.41. The van der Waals surface area contributed by atoms with Crippen LogP contribution in [-0.4, -0.2) is 0 Å². The van der Waals surface area contributed by atoms with Gasteiger partial charge in [-0.05, 0) is 0 Å². The minimum atomic E-state index is -0.143. The van der Waals surface area contributed by atoms with E-state index in [0.717, 1.165) is 0 Å². The molecule has 0 aliphatic rings. The normalized spacial score (nSPS) is 2.50. The van der Waals surface area contributed by atoms with E-state index in [1.807, 2.05) is 0 Å². The third-order valence-corrected chi connectivity index (χ3v) is 0. The molecule has 0 amide bonds. The van der Waals surface area contributed by atoms with Crippen molar-refractivity contribution in [1.82, 2.24) is 0 Å². The van der Waals surface area contributed by atoms with E-state index in [9.17, 15) is 0 Å². The van der Waals surface area contributed by atoms with Crippen molar-refractivity contribution in [1.29, 1.82) is 0 Å². The molecule has 0 saturated heterocycles. The van der Waals surface area contributed by atoms with Crippen LogP contribution in [-0.2, 0) is 43.2 Å². The van der Waals surface area contributed by atoms with E-state index in [-0.39, 0.29) is 43.2 Å². The van der Waals surface area contributed by atoms with Crippen LogP contribution in [0.15, 0.2) is 0 Å². The first kappa shape index (κ1) is 10.3. The van der Waals surface area contributed by atoms with Gasteiger partial charge in [0.2, 0.25) is 0 Å². The van der Waals surface area contributed by atoms with E-state index in [1.165, 1.54) is 0 Å². The number of hydrogen-bond donors (Lipinski definition) is 0. The summed E-state index contributed by atoms with van der Waals surface area (Å²) in [7, 11) is 0. The Morgan fingerprint density at radius 2 is 1.25 bits per heavy atom. The molecule has 0 bridgehead atoms. The number of halogens is 2. The molecule has 0 aliphatic carbocycles. The van der Waals surface area contributed by atoms with Crippen molar-refractivity contribution in [3.63, 3.8) is 0 Å². The molecule has 0 fully saturated rings. The molecule has 0 unspecified atom stereocenters. The summed E-state index contributed by atoms with van der Waals surface area (Å²) in [6, 6.07) is 0. The van der Waals surface area contributed by atoms with Crippen molar-refractivity contribution >= 4 is 35.3 Å². The molecule has 0 atom stereocenters. The Bertz CT molecular complexity index is 6.00. The van der Waals surface area contributed by atoms with Gasteiger partial charge >= 0.3 is 51.2 Å². The SMILES string of the molecule is [Cd].[I][Hg][I]. The number of rotatable bonds is 0. The maximum absolute atomic E-state index is 2.50. The Morgan fingerprint density at radius 3 is 1.25 bits per heavy atom. The quantitative estimate of drug-likeness (QED) is 0.310. The molecule has 4 heteroatoms. The summed E-state index contributed by atoms with van der Waals surface area (Å²) in [5.41, 5.74) is 0. The van der Waals surface area contributed by atoms with Crippen molar-refractivity contribution in [3.05, 3.63) is 0 Å². The van der Waals surface area contributed by atoms with Crippen molar-refractivity contribution in [2.75, 3.05) is 0 Å². The van der Waals surface area contributed by atoms with E-state index in [2.05, 4.69) is 35.3 Å². The molecule has 0 aliphatic heterocycles. The summed E-state index contributed by atoms with van der Waals surface area (Å²) in [6.07, 6.45) is 0. The molecule has 0 aromatic heterocycles. The van der Waals surface area contributed by atoms with E-state index < -0.39 is 0 Å². The van der Waals surface area contributed by atoms with Crippen LogP contribution in [0, 0.1) is 0 Å². The van der Waals surface area contributed by atoms with E-state index in [1.54, 1.807) is 0 Å². The molecule has 0 aromatic rings. The van der Waals surface area contributed by atoms with Crippen LogP contribution >= 0.6 is 35.3 Å². The molecular weight excluding hydrogens is 567 g/mol. The van der Waals surface area contributed by atoms with E-state index in [0.29, 0.717) is 0 Å². The Labute approximate surface area is 76.2 Å². The fourth-order valence-electron chi connectivity index (χ4n) is 0. The van der Waals surface area contributed by atoms with Crippen molar-refractivity contribution in [2.45, 2.75) is 0 Å². The standard InChI is InChI=1S/Cd.Hg.2HI/h;;2*1H/q;+2;;/p-2. The topological polar surface area (TPSA) is 0 Å². The molecular formula is CdHgI2. The third kappa shape index (κ3) is 9.01. The van der Waals surface area contributed by atoms with Crippen LogP contribution in [0.2, 0.25) is 0 Å². The second-order valence-corrected chi connectivity index (χ2v) is 39.9. The average Bonchev–Trinajstić information content (AvgIpc) is 0.918. The summed E-state index contributed by atoms with van der Waals surface area (Å²) in [5.74, 6) is 0. The molecule has 0 nitrogen and oxygen atoms in total. The molecule has 0 aromatic carbocycles. The summed E-state index contributed by atoms with van der Waals surface area (Å²) < 4.78 is 0. The molecule has 0 heterocycles. The fraction of sp³-hybridized carbons (Fsp3) is 0. The van der Waals surface area contributed by atoms with E-state index >= 15 is 0 Å². The number of hydrogen-bond acceptors (Lipinski definition) is 0. The summed E-state index contributed by atoms with van der Waals surface area (Å²) in [5, 5.41) is 0. The summed E-state index contributed by atoms with van der Waals surface area (Å²) >= 11 is 4.85. The van der Waals surface area contributed by atoms with Gasteiger partial charge in [0.25, 0.3) is 0 Å². The van der Waals surface area contributed by atoms with Gasteiger partial charge in [0, 0.05) is 27.3 Å². The van der Waals surface area contributed by atoms with Crippen LogP contribution in [0.25, 0.3) is 0 Å². The van der Waals surface area contributed by atoms with Gasteiger partial charge in [-0.2, -0.15) is 0 Å². The van der Waals surface area contributed by atoms with Crippen LogP contribution in [0.5, 0.6) is 0 Å². The Hall–Kier alpha value is 3.32. The summed E-state index contributed by atoms with van der Waals surface area (Å²) in [4.78, 5) is 0. The zero-order valence-electron chi connectivity index (χ0n) is 2.17. The Morgan fingerprint density at radius 1 is 1.25 bits per heavy atom. The molecule has 0 saturated carbocycles. The van der Waals surface area contributed by atoms with Gasteiger partial charge in [-0.15, -0.1) is 0 Å². The van der Waals surface area contributed by atoms with Crippen LogP contribution in [0.1, 0.15) is 0 Å². The Balaban J connectivity index is 0. The molecule has 0 spiro atoms. The third-order valence-electron chi connectivity index (χ3n) is 0. The minimum absolute atomic E-state index is 0. The average molecular weight is 567 g/mol.